The van der Waals surface area contributed by atoms with Gasteiger partial charge in [0.05, 0.1) is 32.7 Å². The molecule has 2 N–H and O–H groups in total. The van der Waals surface area contributed by atoms with Crippen LogP contribution < -0.4 is 0 Å². The van der Waals surface area contributed by atoms with Crippen molar-refractivity contribution in [1.82, 2.24) is 0 Å². The highest BCUT2D eigenvalue weighted by Crippen LogP contribution is 2.39. The average molecular weight is 538 g/mol. The molecule has 0 aromatic heterocycles. The van der Waals surface area contributed by atoms with Crippen LogP contribution in [0.5, 0.6) is 11.5 Å². The molecule has 0 unspecified atom stereocenters. The summed E-state index contributed by atoms with van der Waals surface area (Å²) < 4.78 is 0. The number of aliphatic imine (C=N–C) groups is 2. The van der Waals surface area contributed by atoms with E-state index < -0.39 is 0 Å². The Kier molecular flexibility index (Phi) is 8.51. The maximum Gasteiger partial charge on any atom is 0.144 e. The SMILES string of the molecule is CC(C)(C)c1cc(C=N[C@@H]2CCCC[C@H]2N=Cc2c(O)c(Cl)cc(Cl)c2Cl)c(O)c(C(C)(C)C)c1. The summed E-state index contributed by atoms with van der Waals surface area (Å²) in [4.78, 5) is 9.61. The van der Waals surface area contributed by atoms with Gasteiger partial charge in [0.25, 0.3) is 0 Å². The van der Waals surface area contributed by atoms with Crippen molar-refractivity contribution >= 4 is 47.2 Å². The second-order valence-electron chi connectivity index (χ2n) is 11.4. The molecule has 1 saturated carbocycles. The number of phenolic OH excluding ortho intramolecular Hbond substituents is 2. The van der Waals surface area contributed by atoms with Gasteiger partial charge in [-0.05, 0) is 41.4 Å². The fourth-order valence-corrected chi connectivity index (χ4v) is 4.94. The average Bonchev–Trinajstić information content (AvgIpc) is 2.76. The summed E-state index contributed by atoms with van der Waals surface area (Å²) in [6, 6.07) is 5.42. The lowest BCUT2D eigenvalue weighted by molar-refractivity contribution is 0.390. The van der Waals surface area contributed by atoms with E-state index in [1.54, 1.807) is 12.4 Å². The van der Waals surface area contributed by atoms with Crippen molar-refractivity contribution in [2.45, 2.75) is 90.1 Å². The summed E-state index contributed by atoms with van der Waals surface area (Å²) in [5.41, 5.74) is 2.83. The van der Waals surface area contributed by atoms with E-state index in [2.05, 4.69) is 47.6 Å². The highest BCUT2D eigenvalue weighted by Gasteiger charge is 2.26. The number of benzene rings is 2. The van der Waals surface area contributed by atoms with Crippen LogP contribution in [0, 0.1) is 0 Å². The number of halogens is 3. The molecular formula is C28H35Cl3N2O2. The number of nitrogens with zero attached hydrogens (tertiary/aromatic N) is 2. The Balaban J connectivity index is 1.95. The first-order chi connectivity index (χ1) is 16.2. The number of hydrogen-bond donors (Lipinski definition) is 2. The molecule has 35 heavy (non-hydrogen) atoms. The molecule has 2 aromatic carbocycles. The molecule has 0 bridgehead atoms. The van der Waals surface area contributed by atoms with Crippen molar-refractivity contribution in [3.63, 3.8) is 0 Å². The first-order valence-corrected chi connectivity index (χ1v) is 13.1. The zero-order valence-corrected chi connectivity index (χ0v) is 23.6. The minimum atomic E-state index is -0.203. The van der Waals surface area contributed by atoms with Crippen molar-refractivity contribution < 1.29 is 10.2 Å². The van der Waals surface area contributed by atoms with Gasteiger partial charge in [0.1, 0.15) is 11.5 Å². The zero-order chi connectivity index (χ0) is 26.1. The van der Waals surface area contributed by atoms with Crippen LogP contribution >= 0.6 is 34.8 Å². The van der Waals surface area contributed by atoms with Gasteiger partial charge in [0, 0.05) is 23.6 Å². The second kappa shape index (κ2) is 10.7. The van der Waals surface area contributed by atoms with Crippen molar-refractivity contribution in [3.8, 4) is 11.5 Å². The monoisotopic (exact) mass is 536 g/mol. The Hall–Kier alpha value is -1.75. The van der Waals surface area contributed by atoms with Gasteiger partial charge in [0.2, 0.25) is 0 Å². The molecule has 3 rings (SSSR count). The Morgan fingerprint density at radius 1 is 0.771 bits per heavy atom. The van der Waals surface area contributed by atoms with E-state index in [4.69, 9.17) is 44.8 Å². The lowest BCUT2D eigenvalue weighted by atomic mass is 9.79. The molecule has 0 aliphatic heterocycles. The predicted octanol–water partition coefficient (Wildman–Crippen LogP) is 8.50. The third kappa shape index (κ3) is 6.53. The van der Waals surface area contributed by atoms with Gasteiger partial charge in [-0.2, -0.15) is 0 Å². The van der Waals surface area contributed by atoms with Crippen molar-refractivity contribution in [3.05, 3.63) is 55.5 Å². The van der Waals surface area contributed by atoms with E-state index in [9.17, 15) is 10.2 Å². The van der Waals surface area contributed by atoms with Gasteiger partial charge in [-0.25, -0.2) is 0 Å². The molecule has 1 fully saturated rings. The topological polar surface area (TPSA) is 65.2 Å². The normalized spacial score (nSPS) is 19.7. The fraction of sp³-hybridized carbons (Fsp3) is 0.500. The molecule has 0 radical (unpaired) electrons. The molecule has 7 heteroatoms. The molecule has 0 heterocycles. The Bertz CT molecular complexity index is 1120. The molecule has 190 valence electrons. The van der Waals surface area contributed by atoms with Gasteiger partial charge in [-0.1, -0.05) is 95.3 Å². The molecular weight excluding hydrogens is 503 g/mol. The highest BCUT2D eigenvalue weighted by atomic mass is 35.5. The van der Waals surface area contributed by atoms with Gasteiger partial charge in [-0.3, -0.25) is 9.98 Å². The van der Waals surface area contributed by atoms with Crippen molar-refractivity contribution in [2.75, 3.05) is 0 Å². The smallest absolute Gasteiger partial charge is 0.144 e. The molecule has 4 nitrogen and oxygen atoms in total. The molecule has 0 amide bonds. The van der Waals surface area contributed by atoms with Crippen molar-refractivity contribution in [1.29, 1.82) is 0 Å². The molecule has 2 atom stereocenters. The fourth-order valence-electron chi connectivity index (χ4n) is 4.27. The minimum absolute atomic E-state index is 0.0497. The van der Waals surface area contributed by atoms with Crippen LogP contribution in [0.2, 0.25) is 15.1 Å². The van der Waals surface area contributed by atoms with Crippen LogP contribution in [0.1, 0.15) is 89.5 Å². The van der Waals surface area contributed by atoms with Gasteiger partial charge in [-0.15, -0.1) is 0 Å². The van der Waals surface area contributed by atoms with Gasteiger partial charge in [0.15, 0.2) is 0 Å². The van der Waals surface area contributed by atoms with Crippen LogP contribution in [0.3, 0.4) is 0 Å². The van der Waals surface area contributed by atoms with E-state index in [1.807, 2.05) is 6.07 Å². The Morgan fingerprint density at radius 2 is 1.34 bits per heavy atom. The Morgan fingerprint density at radius 3 is 1.89 bits per heavy atom. The van der Waals surface area contributed by atoms with Gasteiger partial charge < -0.3 is 10.2 Å². The van der Waals surface area contributed by atoms with Crippen LogP contribution in [-0.4, -0.2) is 34.7 Å². The van der Waals surface area contributed by atoms with E-state index in [1.165, 1.54) is 6.07 Å². The summed E-state index contributed by atoms with van der Waals surface area (Å²) >= 11 is 18.5. The lowest BCUT2D eigenvalue weighted by Crippen LogP contribution is -2.27. The Labute approximate surface area is 224 Å². The standard InChI is InChI=1S/C28H35Cl3N2O2/c1-27(2,3)17-11-16(25(34)19(12-17)28(4,5)6)14-32-22-9-7-8-10-23(22)33-15-18-24(31)20(29)13-21(30)26(18)35/h11-15,22-23,34-35H,7-10H2,1-6H3/t22-,23-/m1/s1. The summed E-state index contributed by atoms with van der Waals surface area (Å²) in [6.45, 7) is 12.8. The summed E-state index contributed by atoms with van der Waals surface area (Å²) in [5.74, 6) is 0.134. The maximum atomic E-state index is 11.1. The molecule has 1 aliphatic rings. The molecule has 0 saturated heterocycles. The van der Waals surface area contributed by atoms with Crippen LogP contribution in [-0.2, 0) is 10.8 Å². The predicted molar refractivity (Wildman–Crippen MR) is 150 cm³/mol. The summed E-state index contributed by atoms with van der Waals surface area (Å²) in [5, 5.41) is 22.0. The highest BCUT2D eigenvalue weighted by molar-refractivity contribution is 6.45. The molecule has 2 aromatic rings. The third-order valence-electron chi connectivity index (χ3n) is 6.49. The lowest BCUT2D eigenvalue weighted by Gasteiger charge is -2.28. The van der Waals surface area contributed by atoms with Gasteiger partial charge >= 0.3 is 0 Å². The minimum Gasteiger partial charge on any atom is -0.507 e. The van der Waals surface area contributed by atoms with Crippen LogP contribution in [0.4, 0.5) is 0 Å². The maximum absolute atomic E-state index is 11.1. The third-order valence-corrected chi connectivity index (χ3v) is 7.58. The van der Waals surface area contributed by atoms with Crippen molar-refractivity contribution in [2.24, 2.45) is 9.98 Å². The van der Waals surface area contributed by atoms with E-state index in [-0.39, 0.29) is 49.5 Å². The van der Waals surface area contributed by atoms with Crippen LogP contribution in [0.25, 0.3) is 0 Å². The number of rotatable bonds is 4. The van der Waals surface area contributed by atoms with E-state index in [0.717, 1.165) is 42.4 Å². The second-order valence-corrected chi connectivity index (χ2v) is 12.5. The largest absolute Gasteiger partial charge is 0.507 e. The number of aromatic hydroxyl groups is 2. The summed E-state index contributed by atoms with van der Waals surface area (Å²) in [6.07, 6.45) is 7.20. The first-order valence-electron chi connectivity index (χ1n) is 12.0. The first kappa shape index (κ1) is 27.8. The molecule has 1 aliphatic carbocycles. The van der Waals surface area contributed by atoms with E-state index in [0.29, 0.717) is 5.56 Å². The zero-order valence-electron chi connectivity index (χ0n) is 21.3. The number of phenols is 2. The van der Waals surface area contributed by atoms with Crippen LogP contribution in [0.15, 0.2) is 28.2 Å². The molecule has 0 spiro atoms. The van der Waals surface area contributed by atoms with E-state index >= 15 is 0 Å². The number of hydrogen-bond acceptors (Lipinski definition) is 4. The quantitative estimate of drug-likeness (QED) is 0.303. The summed E-state index contributed by atoms with van der Waals surface area (Å²) in [7, 11) is 0.